The Hall–Kier alpha value is -4.04. The van der Waals surface area contributed by atoms with Crippen molar-refractivity contribution in [3.05, 3.63) is 71.8 Å². The molecule has 2 aromatic rings. The second-order valence-corrected chi connectivity index (χ2v) is 13.7. The predicted octanol–water partition coefficient (Wildman–Crippen LogP) is 2.81. The number of hydrogen-bond donors (Lipinski definition) is 2. The molecule has 0 bridgehead atoms. The lowest BCUT2D eigenvalue weighted by molar-refractivity contribution is -0.127. The first-order valence-corrected chi connectivity index (χ1v) is 17.5. The van der Waals surface area contributed by atoms with Gasteiger partial charge >= 0.3 is 12.1 Å². The normalized spacial score (nSPS) is 24.0. The van der Waals surface area contributed by atoms with E-state index in [1.807, 2.05) is 46.2 Å². The largest absolute Gasteiger partial charge is 0.335 e. The first kappa shape index (κ1) is 31.9. The summed E-state index contributed by atoms with van der Waals surface area (Å²) in [6.07, 6.45) is 2.25. The van der Waals surface area contributed by atoms with Crippen molar-refractivity contribution in [1.29, 1.82) is 0 Å². The van der Waals surface area contributed by atoms with Crippen LogP contribution in [0, 0.1) is 0 Å². The van der Waals surface area contributed by atoms with Crippen LogP contribution in [0.2, 0.25) is 0 Å². The van der Waals surface area contributed by atoms with Gasteiger partial charge in [0.05, 0.1) is 0 Å². The SMILES string of the molecule is CN1C(=O)NC(=O)C2C1N=C(SCCCCSC1=NC3C(C(=O)NC(=O)N3C)N1CCc1ccccc1)N2CCc1ccccc1. The van der Waals surface area contributed by atoms with Crippen molar-refractivity contribution >= 4 is 57.7 Å². The monoisotopic (exact) mass is 662 g/mol. The lowest BCUT2D eigenvalue weighted by Gasteiger charge is -2.36. The molecule has 2 fully saturated rings. The third-order valence-corrected chi connectivity index (χ3v) is 10.8. The minimum Gasteiger partial charge on any atom is -0.335 e. The Labute approximate surface area is 277 Å². The van der Waals surface area contributed by atoms with E-state index < -0.39 is 36.5 Å². The summed E-state index contributed by atoms with van der Waals surface area (Å²) in [5.41, 5.74) is 2.35. The number of unbranched alkanes of at least 4 members (excludes halogenated alkanes) is 1. The molecule has 4 aliphatic rings. The Morgan fingerprint density at radius 1 is 0.630 bits per heavy atom. The van der Waals surface area contributed by atoms with Gasteiger partial charge in [-0.1, -0.05) is 84.2 Å². The van der Waals surface area contributed by atoms with Crippen molar-refractivity contribution in [3.8, 4) is 0 Å². The van der Waals surface area contributed by atoms with Crippen LogP contribution in [0.25, 0.3) is 0 Å². The highest BCUT2D eigenvalue weighted by molar-refractivity contribution is 8.14. The molecule has 4 atom stereocenters. The van der Waals surface area contributed by atoms with Crippen LogP contribution in [0.5, 0.6) is 0 Å². The van der Waals surface area contributed by atoms with E-state index in [-0.39, 0.29) is 11.8 Å². The Kier molecular flexibility index (Phi) is 9.83. The van der Waals surface area contributed by atoms with Crippen molar-refractivity contribution in [2.45, 2.75) is 50.1 Å². The van der Waals surface area contributed by atoms with Crippen molar-refractivity contribution in [2.75, 3.05) is 38.7 Å². The van der Waals surface area contributed by atoms with Crippen LogP contribution in [-0.2, 0) is 22.4 Å². The lowest BCUT2D eigenvalue weighted by atomic mass is 10.1. The number of rotatable bonds is 11. The number of amidine groups is 2. The topological polar surface area (TPSA) is 130 Å². The molecule has 0 aliphatic carbocycles. The summed E-state index contributed by atoms with van der Waals surface area (Å²) in [4.78, 5) is 67.1. The highest BCUT2D eigenvalue weighted by Gasteiger charge is 2.49. The molecule has 4 aliphatic heterocycles. The second kappa shape index (κ2) is 14.2. The summed E-state index contributed by atoms with van der Waals surface area (Å²) in [5.74, 6) is 0.977. The van der Waals surface area contributed by atoms with Gasteiger partial charge < -0.3 is 19.6 Å². The molecule has 2 saturated heterocycles. The number of benzene rings is 2. The number of fused-ring (bicyclic) bond motifs is 2. The maximum atomic E-state index is 12.9. The molecular formula is C32H38N8O4S2. The summed E-state index contributed by atoms with van der Waals surface area (Å²) < 4.78 is 0. The van der Waals surface area contributed by atoms with E-state index >= 15 is 0 Å². The minimum absolute atomic E-state index is 0.312. The number of amides is 6. The van der Waals surface area contributed by atoms with E-state index in [1.165, 1.54) is 20.9 Å². The van der Waals surface area contributed by atoms with Crippen LogP contribution in [-0.4, -0.2) is 117 Å². The number of nitrogens with zero attached hydrogens (tertiary/aromatic N) is 6. The number of carbonyl (C=O) groups excluding carboxylic acids is 4. The van der Waals surface area contributed by atoms with Gasteiger partial charge in [-0.3, -0.25) is 20.2 Å². The minimum atomic E-state index is -0.544. The highest BCUT2D eigenvalue weighted by Crippen LogP contribution is 2.31. The van der Waals surface area contributed by atoms with Gasteiger partial charge in [0, 0.05) is 38.7 Å². The van der Waals surface area contributed by atoms with Gasteiger partial charge in [0.1, 0.15) is 0 Å². The van der Waals surface area contributed by atoms with Crippen molar-refractivity contribution in [3.63, 3.8) is 0 Å². The number of thioether (sulfide) groups is 2. The Morgan fingerprint density at radius 2 is 1.02 bits per heavy atom. The first-order chi connectivity index (χ1) is 22.3. The fourth-order valence-corrected chi connectivity index (χ4v) is 8.20. The van der Waals surface area contributed by atoms with Crippen LogP contribution in [0.3, 0.4) is 0 Å². The molecule has 46 heavy (non-hydrogen) atoms. The van der Waals surface area contributed by atoms with Gasteiger partial charge in [-0.2, -0.15) is 0 Å². The molecular weight excluding hydrogens is 625 g/mol. The molecule has 14 heteroatoms. The average Bonchev–Trinajstić information content (AvgIpc) is 3.62. The first-order valence-electron chi connectivity index (χ1n) is 15.5. The zero-order valence-corrected chi connectivity index (χ0v) is 27.5. The molecule has 0 spiro atoms. The molecule has 6 amide bonds. The summed E-state index contributed by atoms with van der Waals surface area (Å²) in [6, 6.07) is 18.3. The fraction of sp³-hybridized carbons (Fsp3) is 0.438. The van der Waals surface area contributed by atoms with Gasteiger partial charge in [0.2, 0.25) is 0 Å². The quantitative estimate of drug-likeness (QED) is 0.352. The zero-order chi connectivity index (χ0) is 32.2. The lowest BCUT2D eigenvalue weighted by Crippen LogP contribution is -2.63. The van der Waals surface area contributed by atoms with Crippen molar-refractivity contribution in [1.82, 2.24) is 30.2 Å². The van der Waals surface area contributed by atoms with E-state index in [0.717, 1.165) is 47.5 Å². The smallest absolute Gasteiger partial charge is 0.325 e. The number of carbonyl (C=O) groups is 4. The van der Waals surface area contributed by atoms with Crippen LogP contribution < -0.4 is 10.6 Å². The Balaban J connectivity index is 1.05. The fourth-order valence-electron chi connectivity index (χ4n) is 6.03. The van der Waals surface area contributed by atoms with Gasteiger partial charge in [0.15, 0.2) is 34.8 Å². The van der Waals surface area contributed by atoms with Crippen molar-refractivity contribution in [2.24, 2.45) is 9.98 Å². The van der Waals surface area contributed by atoms with E-state index in [1.54, 1.807) is 37.6 Å². The van der Waals surface area contributed by atoms with E-state index in [9.17, 15) is 19.2 Å². The molecule has 0 aromatic heterocycles. The third-order valence-electron chi connectivity index (χ3n) is 8.61. The predicted molar refractivity (Wildman–Crippen MR) is 180 cm³/mol. The van der Waals surface area contributed by atoms with Gasteiger partial charge in [-0.15, -0.1) is 0 Å². The average molecular weight is 663 g/mol. The van der Waals surface area contributed by atoms with E-state index in [4.69, 9.17) is 9.98 Å². The Morgan fingerprint density at radius 3 is 1.41 bits per heavy atom. The van der Waals surface area contributed by atoms with Gasteiger partial charge in [-0.05, 0) is 36.8 Å². The van der Waals surface area contributed by atoms with Crippen LogP contribution in [0.4, 0.5) is 9.59 Å². The number of urea groups is 2. The molecule has 12 nitrogen and oxygen atoms in total. The number of imide groups is 2. The molecule has 4 unspecified atom stereocenters. The molecule has 4 heterocycles. The maximum Gasteiger partial charge on any atom is 0.325 e. The van der Waals surface area contributed by atoms with Crippen LogP contribution in [0.1, 0.15) is 24.0 Å². The summed E-state index contributed by atoms with van der Waals surface area (Å²) in [5, 5.41) is 6.50. The standard InChI is InChI=1S/C32H38N8O4S2/c1-37-25-23(27(41)35-29(37)43)39(17-15-21-11-5-3-6-12-21)31(33-25)45-19-9-10-20-46-32-34-26-24(28(42)36-30(44)38(26)2)40(32)18-16-22-13-7-4-8-14-22/h3-8,11-14,23-26H,9-10,15-20H2,1-2H3,(H,35,41,43)(H,36,42,44). The number of likely N-dealkylation sites (N-methyl/N-ethyl adjacent to an activating group) is 2. The van der Waals surface area contributed by atoms with Gasteiger partial charge in [-0.25, -0.2) is 19.6 Å². The number of aliphatic imine (C=N–C) groups is 2. The summed E-state index contributed by atoms with van der Waals surface area (Å²) in [7, 11) is 3.34. The van der Waals surface area contributed by atoms with E-state index in [0.29, 0.717) is 13.1 Å². The Bertz CT molecular complexity index is 1410. The zero-order valence-electron chi connectivity index (χ0n) is 25.9. The molecule has 0 radical (unpaired) electrons. The molecule has 2 N–H and O–H groups in total. The van der Waals surface area contributed by atoms with Gasteiger partial charge in [0.25, 0.3) is 11.8 Å². The number of nitrogens with one attached hydrogen (secondary N) is 2. The highest BCUT2D eigenvalue weighted by atomic mass is 32.2. The second-order valence-electron chi connectivity index (χ2n) is 11.6. The third kappa shape index (κ3) is 6.73. The number of hydrogen-bond acceptors (Lipinski definition) is 10. The summed E-state index contributed by atoms with van der Waals surface area (Å²) >= 11 is 3.23. The maximum absolute atomic E-state index is 12.9. The van der Waals surface area contributed by atoms with E-state index in [2.05, 4.69) is 34.9 Å². The summed E-state index contributed by atoms with van der Waals surface area (Å²) in [6.45, 7) is 1.24. The molecule has 2 aromatic carbocycles. The van der Waals surface area contributed by atoms with Crippen LogP contribution >= 0.6 is 23.5 Å². The molecule has 0 saturated carbocycles. The molecule has 242 valence electrons. The van der Waals surface area contributed by atoms with Crippen LogP contribution in [0.15, 0.2) is 70.6 Å². The molecule has 6 rings (SSSR count). The van der Waals surface area contributed by atoms with Crippen molar-refractivity contribution < 1.29 is 19.2 Å².